The Hall–Kier alpha value is -2.28. The summed E-state index contributed by atoms with van der Waals surface area (Å²) in [5.41, 5.74) is 9.47. The van der Waals surface area contributed by atoms with E-state index in [4.69, 9.17) is 0 Å². The quantitative estimate of drug-likeness (QED) is 0.655. The van der Waals surface area contributed by atoms with E-state index >= 15 is 0 Å². The topological polar surface area (TPSA) is 56.4 Å². The van der Waals surface area contributed by atoms with E-state index in [1.807, 2.05) is 12.1 Å². The summed E-state index contributed by atoms with van der Waals surface area (Å²) in [5.74, 6) is -0.537. The van der Waals surface area contributed by atoms with E-state index in [0.717, 1.165) is 30.8 Å². The summed E-state index contributed by atoms with van der Waals surface area (Å²) in [6.07, 6.45) is 0. The molecule has 0 saturated carbocycles. The number of rotatable bonds is 8. The summed E-state index contributed by atoms with van der Waals surface area (Å²) < 4.78 is 13.2. The second-order valence-corrected chi connectivity index (χ2v) is 7.11. The fourth-order valence-electron chi connectivity index (χ4n) is 3.61. The highest BCUT2D eigenvalue weighted by Crippen LogP contribution is 2.25. The number of carbonyl (C=O) groups excluding carboxylic acids is 1. The van der Waals surface area contributed by atoms with Gasteiger partial charge in [-0.15, -0.1) is 0 Å². The molecule has 0 aromatic heterocycles. The minimum absolute atomic E-state index is 0.00975. The number of benzene rings is 2. The predicted octanol–water partition coefficient (Wildman–Crippen LogP) is 2.75. The lowest BCUT2D eigenvalue weighted by atomic mass is 9.94. The summed E-state index contributed by atoms with van der Waals surface area (Å²) in [6.45, 7) is 8.22. The van der Waals surface area contributed by atoms with Crippen LogP contribution in [-0.4, -0.2) is 30.4 Å². The highest BCUT2D eigenvalue weighted by Gasteiger charge is 2.33. The van der Waals surface area contributed by atoms with Gasteiger partial charge in [0.15, 0.2) is 0 Å². The van der Waals surface area contributed by atoms with E-state index in [-0.39, 0.29) is 23.7 Å². The van der Waals surface area contributed by atoms with Crippen LogP contribution in [0, 0.1) is 11.7 Å². The standard InChI is InChI=1S/C22H29FN4O/c1-3-27(4-2)15-18-8-6-5-7-17(18)13-24-22(28)20-14-25-26-21(20)16-9-11-19(23)12-10-16/h5-12,20-21,25-26H,3-4,13-15H2,1-2H3,(H,24,28). The number of carbonyl (C=O) groups is 1. The van der Waals surface area contributed by atoms with Crippen molar-refractivity contribution in [3.8, 4) is 0 Å². The molecule has 0 spiro atoms. The van der Waals surface area contributed by atoms with Crippen molar-refractivity contribution >= 4 is 5.91 Å². The fourth-order valence-corrected chi connectivity index (χ4v) is 3.61. The van der Waals surface area contributed by atoms with Gasteiger partial charge in [-0.2, -0.15) is 0 Å². The maximum Gasteiger partial charge on any atom is 0.226 e. The lowest BCUT2D eigenvalue weighted by Gasteiger charge is -2.21. The molecule has 3 rings (SSSR count). The molecule has 0 radical (unpaired) electrons. The molecular weight excluding hydrogens is 355 g/mol. The van der Waals surface area contributed by atoms with E-state index in [0.29, 0.717) is 13.1 Å². The zero-order chi connectivity index (χ0) is 19.9. The first-order valence-electron chi connectivity index (χ1n) is 9.93. The van der Waals surface area contributed by atoms with Crippen LogP contribution in [0.4, 0.5) is 4.39 Å². The molecule has 0 bridgehead atoms. The van der Waals surface area contributed by atoms with Crippen LogP contribution >= 0.6 is 0 Å². The Morgan fingerprint density at radius 2 is 1.79 bits per heavy atom. The third kappa shape index (κ3) is 4.95. The van der Waals surface area contributed by atoms with Crippen molar-refractivity contribution in [3.05, 3.63) is 71.0 Å². The van der Waals surface area contributed by atoms with E-state index in [2.05, 4.69) is 47.0 Å². The average Bonchev–Trinajstić information content (AvgIpc) is 3.21. The molecule has 2 aromatic rings. The van der Waals surface area contributed by atoms with Gasteiger partial charge in [0, 0.05) is 19.6 Å². The molecule has 1 amide bonds. The van der Waals surface area contributed by atoms with Gasteiger partial charge in [0.25, 0.3) is 0 Å². The number of nitrogens with one attached hydrogen (secondary N) is 3. The molecule has 2 atom stereocenters. The zero-order valence-corrected chi connectivity index (χ0v) is 16.5. The van der Waals surface area contributed by atoms with Crippen LogP contribution in [0.1, 0.15) is 36.6 Å². The zero-order valence-electron chi connectivity index (χ0n) is 16.5. The Morgan fingerprint density at radius 1 is 1.11 bits per heavy atom. The SMILES string of the molecule is CCN(CC)Cc1ccccc1CNC(=O)C1CNNC1c1ccc(F)cc1. The third-order valence-electron chi connectivity index (χ3n) is 5.41. The number of hydrazine groups is 1. The van der Waals surface area contributed by atoms with Crippen LogP contribution in [0.5, 0.6) is 0 Å². The second-order valence-electron chi connectivity index (χ2n) is 7.11. The maximum absolute atomic E-state index is 13.2. The highest BCUT2D eigenvalue weighted by atomic mass is 19.1. The minimum Gasteiger partial charge on any atom is -0.352 e. The van der Waals surface area contributed by atoms with Gasteiger partial charge < -0.3 is 5.32 Å². The molecule has 1 fully saturated rings. The summed E-state index contributed by atoms with van der Waals surface area (Å²) in [7, 11) is 0. The number of amides is 1. The molecule has 2 aromatic carbocycles. The molecule has 1 aliphatic rings. The average molecular weight is 384 g/mol. The van der Waals surface area contributed by atoms with Crippen molar-refractivity contribution < 1.29 is 9.18 Å². The second kappa shape index (κ2) is 9.78. The minimum atomic E-state index is -0.277. The van der Waals surface area contributed by atoms with Gasteiger partial charge in [0.1, 0.15) is 5.82 Å². The molecule has 3 N–H and O–H groups in total. The smallest absolute Gasteiger partial charge is 0.226 e. The predicted molar refractivity (Wildman–Crippen MR) is 109 cm³/mol. The Balaban J connectivity index is 1.64. The first-order chi connectivity index (χ1) is 13.6. The largest absolute Gasteiger partial charge is 0.352 e. The van der Waals surface area contributed by atoms with Crippen LogP contribution in [0.3, 0.4) is 0 Å². The molecule has 150 valence electrons. The summed E-state index contributed by atoms with van der Waals surface area (Å²) in [5, 5.41) is 3.09. The number of hydrogen-bond donors (Lipinski definition) is 3. The maximum atomic E-state index is 13.2. The van der Waals surface area contributed by atoms with Gasteiger partial charge in [0.2, 0.25) is 5.91 Å². The third-order valence-corrected chi connectivity index (χ3v) is 5.41. The van der Waals surface area contributed by atoms with Crippen molar-refractivity contribution in [2.24, 2.45) is 5.92 Å². The van der Waals surface area contributed by atoms with E-state index in [1.165, 1.54) is 17.7 Å². The molecule has 0 aliphatic carbocycles. The molecule has 2 unspecified atom stereocenters. The monoisotopic (exact) mass is 384 g/mol. The van der Waals surface area contributed by atoms with Crippen LogP contribution in [0.2, 0.25) is 0 Å². The molecular formula is C22H29FN4O. The van der Waals surface area contributed by atoms with E-state index in [1.54, 1.807) is 12.1 Å². The van der Waals surface area contributed by atoms with Crippen molar-refractivity contribution in [2.45, 2.75) is 33.0 Å². The van der Waals surface area contributed by atoms with Gasteiger partial charge in [0.05, 0.1) is 12.0 Å². The van der Waals surface area contributed by atoms with Crippen molar-refractivity contribution in [3.63, 3.8) is 0 Å². The van der Waals surface area contributed by atoms with Crippen molar-refractivity contribution in [1.29, 1.82) is 0 Å². The van der Waals surface area contributed by atoms with E-state index in [9.17, 15) is 9.18 Å². The Bertz CT molecular complexity index is 776. The Labute approximate surface area is 166 Å². The lowest BCUT2D eigenvalue weighted by molar-refractivity contribution is -0.125. The molecule has 1 saturated heterocycles. The molecule has 5 nitrogen and oxygen atoms in total. The van der Waals surface area contributed by atoms with Gasteiger partial charge in [-0.05, 0) is 41.9 Å². The van der Waals surface area contributed by atoms with E-state index < -0.39 is 0 Å². The Kier molecular flexibility index (Phi) is 7.14. The summed E-state index contributed by atoms with van der Waals surface area (Å²) in [4.78, 5) is 15.2. The first kappa shape index (κ1) is 20.5. The Morgan fingerprint density at radius 3 is 2.46 bits per heavy atom. The number of nitrogens with zero attached hydrogens (tertiary/aromatic N) is 1. The van der Waals surface area contributed by atoms with Gasteiger partial charge in [-0.3, -0.25) is 15.1 Å². The van der Waals surface area contributed by atoms with Crippen LogP contribution in [-0.2, 0) is 17.9 Å². The molecule has 1 heterocycles. The number of hydrogen-bond acceptors (Lipinski definition) is 4. The fraction of sp³-hybridized carbons (Fsp3) is 0.409. The molecule has 6 heteroatoms. The lowest BCUT2D eigenvalue weighted by Crippen LogP contribution is -2.35. The summed E-state index contributed by atoms with van der Waals surface area (Å²) >= 11 is 0. The molecule has 1 aliphatic heterocycles. The summed E-state index contributed by atoms with van der Waals surface area (Å²) in [6, 6.07) is 14.4. The van der Waals surface area contributed by atoms with Crippen LogP contribution in [0.25, 0.3) is 0 Å². The number of halogens is 1. The van der Waals surface area contributed by atoms with Gasteiger partial charge >= 0.3 is 0 Å². The van der Waals surface area contributed by atoms with Crippen LogP contribution < -0.4 is 16.2 Å². The van der Waals surface area contributed by atoms with Crippen LogP contribution in [0.15, 0.2) is 48.5 Å². The highest BCUT2D eigenvalue weighted by molar-refractivity contribution is 5.80. The molecule has 28 heavy (non-hydrogen) atoms. The van der Waals surface area contributed by atoms with Gasteiger partial charge in [-0.25, -0.2) is 9.82 Å². The van der Waals surface area contributed by atoms with Crippen molar-refractivity contribution in [1.82, 2.24) is 21.1 Å². The normalized spacial score (nSPS) is 19.1. The van der Waals surface area contributed by atoms with Gasteiger partial charge in [-0.1, -0.05) is 50.2 Å². The van der Waals surface area contributed by atoms with Crippen molar-refractivity contribution in [2.75, 3.05) is 19.6 Å². The first-order valence-corrected chi connectivity index (χ1v) is 9.93.